The summed E-state index contributed by atoms with van der Waals surface area (Å²) in [5.41, 5.74) is 0. The fraction of sp³-hybridized carbons (Fsp3) is 0.714. The van der Waals surface area contributed by atoms with E-state index in [1.54, 1.807) is 11.3 Å². The third kappa shape index (κ3) is 2.94. The van der Waals surface area contributed by atoms with E-state index in [0.29, 0.717) is 6.10 Å². The van der Waals surface area contributed by atoms with Gasteiger partial charge in [0.1, 0.15) is 0 Å². The van der Waals surface area contributed by atoms with Gasteiger partial charge in [-0.1, -0.05) is 6.07 Å². The number of ether oxygens (including phenoxy) is 3. The monoisotopic (exact) mass is 268 g/mol. The molecular weight excluding hydrogens is 248 g/mol. The average Bonchev–Trinajstić information content (AvgIpc) is 3.04. The van der Waals surface area contributed by atoms with E-state index in [2.05, 4.69) is 17.5 Å². The van der Waals surface area contributed by atoms with Crippen molar-refractivity contribution in [2.24, 2.45) is 0 Å². The van der Waals surface area contributed by atoms with Gasteiger partial charge >= 0.3 is 0 Å². The molecule has 1 saturated carbocycles. The lowest BCUT2D eigenvalue weighted by Crippen LogP contribution is -2.37. The molecule has 1 aliphatic heterocycles. The van der Waals surface area contributed by atoms with Gasteiger partial charge in [-0.05, 0) is 24.3 Å². The molecule has 3 nitrogen and oxygen atoms in total. The smallest absolute Gasteiger partial charge is 0.168 e. The first-order chi connectivity index (χ1) is 8.86. The van der Waals surface area contributed by atoms with Gasteiger partial charge in [0.05, 0.1) is 25.9 Å². The van der Waals surface area contributed by atoms with Gasteiger partial charge in [0.2, 0.25) is 0 Å². The molecule has 0 N–H and O–H groups in total. The van der Waals surface area contributed by atoms with Crippen LogP contribution in [0.25, 0.3) is 0 Å². The molecule has 4 heteroatoms. The summed E-state index contributed by atoms with van der Waals surface area (Å²) >= 11 is 1.80. The Labute approximate surface area is 112 Å². The minimum absolute atomic E-state index is 0.256. The summed E-state index contributed by atoms with van der Waals surface area (Å²) in [6.07, 6.45) is 5.51. The van der Waals surface area contributed by atoms with E-state index in [9.17, 15) is 0 Å². The molecule has 0 radical (unpaired) electrons. The summed E-state index contributed by atoms with van der Waals surface area (Å²) in [5.74, 6) is -0.256. The second-order valence-electron chi connectivity index (χ2n) is 5.01. The van der Waals surface area contributed by atoms with Crippen LogP contribution in [0.4, 0.5) is 0 Å². The average molecular weight is 268 g/mol. The normalized spacial score (nSPS) is 23.8. The van der Waals surface area contributed by atoms with E-state index in [4.69, 9.17) is 14.2 Å². The topological polar surface area (TPSA) is 27.7 Å². The lowest BCUT2D eigenvalue weighted by atomic mass is 9.92. The Hall–Kier alpha value is -0.420. The molecule has 2 fully saturated rings. The number of rotatable bonds is 4. The fourth-order valence-electron chi connectivity index (χ4n) is 2.76. The van der Waals surface area contributed by atoms with Crippen LogP contribution in [-0.2, 0) is 20.6 Å². The first kappa shape index (κ1) is 12.6. The highest BCUT2D eigenvalue weighted by molar-refractivity contribution is 7.09. The van der Waals surface area contributed by atoms with Crippen LogP contribution < -0.4 is 0 Å². The maximum absolute atomic E-state index is 5.95. The number of thiophene rings is 1. The minimum Gasteiger partial charge on any atom is -0.378 e. The van der Waals surface area contributed by atoms with Crippen LogP contribution in [0.1, 0.15) is 30.6 Å². The van der Waals surface area contributed by atoms with Gasteiger partial charge < -0.3 is 14.2 Å². The van der Waals surface area contributed by atoms with Gasteiger partial charge in [-0.25, -0.2) is 0 Å². The maximum atomic E-state index is 5.95. The Morgan fingerprint density at radius 3 is 2.72 bits per heavy atom. The van der Waals surface area contributed by atoms with E-state index in [1.807, 2.05) is 0 Å². The first-order valence-electron chi connectivity index (χ1n) is 6.78. The Kier molecular flexibility index (Phi) is 3.99. The largest absolute Gasteiger partial charge is 0.378 e. The van der Waals surface area contributed by atoms with Crippen LogP contribution in [0.2, 0.25) is 0 Å². The summed E-state index contributed by atoms with van der Waals surface area (Å²) in [5, 5.41) is 2.12. The fourth-order valence-corrected chi connectivity index (χ4v) is 3.45. The molecule has 1 saturated heterocycles. The third-order valence-electron chi connectivity index (χ3n) is 3.79. The van der Waals surface area contributed by atoms with Crippen LogP contribution >= 0.6 is 11.3 Å². The summed E-state index contributed by atoms with van der Waals surface area (Å²) < 4.78 is 17.4. The standard InChI is InChI=1S/C14H20O3S/c1-2-13(18-11-1)5-8-15-12-3-6-14(7-4-12)16-9-10-17-14/h1-2,11-12H,3-10H2. The molecule has 100 valence electrons. The van der Waals surface area contributed by atoms with E-state index >= 15 is 0 Å². The van der Waals surface area contributed by atoms with Gasteiger partial charge in [0, 0.05) is 24.1 Å². The summed E-state index contributed by atoms with van der Waals surface area (Å²) in [7, 11) is 0. The Balaban J connectivity index is 1.38. The van der Waals surface area contributed by atoms with E-state index in [-0.39, 0.29) is 5.79 Å². The Morgan fingerprint density at radius 2 is 2.06 bits per heavy atom. The van der Waals surface area contributed by atoms with Gasteiger partial charge in [-0.3, -0.25) is 0 Å². The molecule has 1 aromatic rings. The van der Waals surface area contributed by atoms with Gasteiger partial charge in [-0.15, -0.1) is 11.3 Å². The van der Waals surface area contributed by atoms with Crippen molar-refractivity contribution in [3.63, 3.8) is 0 Å². The quantitative estimate of drug-likeness (QED) is 0.840. The van der Waals surface area contributed by atoms with Crippen LogP contribution in [0.15, 0.2) is 17.5 Å². The van der Waals surface area contributed by atoms with Crippen molar-refractivity contribution < 1.29 is 14.2 Å². The van der Waals surface area contributed by atoms with Crippen LogP contribution in [-0.4, -0.2) is 31.7 Å². The molecule has 18 heavy (non-hydrogen) atoms. The lowest BCUT2D eigenvalue weighted by molar-refractivity contribution is -0.191. The van der Waals surface area contributed by atoms with Crippen molar-refractivity contribution in [2.45, 2.75) is 44.0 Å². The molecule has 0 aromatic carbocycles. The van der Waals surface area contributed by atoms with E-state index < -0.39 is 0 Å². The molecule has 2 aliphatic rings. The lowest BCUT2D eigenvalue weighted by Gasteiger charge is -2.35. The van der Waals surface area contributed by atoms with Crippen molar-refractivity contribution >= 4 is 11.3 Å². The predicted molar refractivity (Wildman–Crippen MR) is 70.9 cm³/mol. The molecule has 1 spiro atoms. The van der Waals surface area contributed by atoms with Crippen molar-refractivity contribution in [1.82, 2.24) is 0 Å². The van der Waals surface area contributed by atoms with Crippen LogP contribution in [0.5, 0.6) is 0 Å². The molecule has 0 unspecified atom stereocenters. The van der Waals surface area contributed by atoms with Crippen molar-refractivity contribution in [1.29, 1.82) is 0 Å². The van der Waals surface area contributed by atoms with Crippen molar-refractivity contribution in [3.05, 3.63) is 22.4 Å². The zero-order chi connectivity index (χ0) is 12.3. The van der Waals surface area contributed by atoms with E-state index in [0.717, 1.165) is 51.9 Å². The predicted octanol–water partition coefficient (Wildman–Crippen LogP) is 2.99. The van der Waals surface area contributed by atoms with Crippen molar-refractivity contribution in [3.8, 4) is 0 Å². The zero-order valence-electron chi connectivity index (χ0n) is 10.6. The SMILES string of the molecule is c1csc(CCOC2CCC3(CC2)OCCO3)c1. The number of hydrogen-bond donors (Lipinski definition) is 0. The molecule has 0 bridgehead atoms. The molecular formula is C14H20O3S. The van der Waals surface area contributed by atoms with Crippen molar-refractivity contribution in [2.75, 3.05) is 19.8 Å². The molecule has 0 amide bonds. The van der Waals surface area contributed by atoms with Crippen LogP contribution in [0.3, 0.4) is 0 Å². The highest BCUT2D eigenvalue weighted by Crippen LogP contribution is 2.36. The Morgan fingerprint density at radius 1 is 1.28 bits per heavy atom. The third-order valence-corrected chi connectivity index (χ3v) is 4.73. The van der Waals surface area contributed by atoms with Crippen LogP contribution in [0, 0.1) is 0 Å². The molecule has 0 atom stereocenters. The minimum atomic E-state index is -0.256. The number of hydrogen-bond acceptors (Lipinski definition) is 4. The maximum Gasteiger partial charge on any atom is 0.168 e. The second kappa shape index (κ2) is 5.70. The molecule has 1 aliphatic carbocycles. The first-order valence-corrected chi connectivity index (χ1v) is 7.66. The van der Waals surface area contributed by atoms with Gasteiger partial charge in [0.25, 0.3) is 0 Å². The second-order valence-corrected chi connectivity index (χ2v) is 6.04. The Bertz CT molecular complexity index is 347. The molecule has 2 heterocycles. The highest BCUT2D eigenvalue weighted by Gasteiger charge is 2.40. The summed E-state index contributed by atoms with van der Waals surface area (Å²) in [6, 6.07) is 4.27. The highest BCUT2D eigenvalue weighted by atomic mass is 32.1. The summed E-state index contributed by atoms with van der Waals surface area (Å²) in [6.45, 7) is 2.34. The molecule has 1 aromatic heterocycles. The van der Waals surface area contributed by atoms with Gasteiger partial charge in [0.15, 0.2) is 5.79 Å². The summed E-state index contributed by atoms with van der Waals surface area (Å²) in [4.78, 5) is 1.41. The van der Waals surface area contributed by atoms with Gasteiger partial charge in [-0.2, -0.15) is 0 Å². The zero-order valence-corrected chi connectivity index (χ0v) is 11.4. The molecule has 3 rings (SSSR count). The van der Waals surface area contributed by atoms with E-state index in [1.165, 1.54) is 4.88 Å².